The van der Waals surface area contributed by atoms with Crippen LogP contribution in [-0.2, 0) is 16.2 Å². The van der Waals surface area contributed by atoms with Crippen LogP contribution in [0.1, 0.15) is 11.3 Å². The van der Waals surface area contributed by atoms with Crippen LogP contribution in [0.25, 0.3) is 10.9 Å². The summed E-state index contributed by atoms with van der Waals surface area (Å²) in [5, 5.41) is 0.449. The lowest BCUT2D eigenvalue weighted by molar-refractivity contribution is -0.139. The van der Waals surface area contributed by atoms with Gasteiger partial charge in [-0.05, 0) is 67.6 Å². The summed E-state index contributed by atoms with van der Waals surface area (Å²) in [6.45, 7) is 1.75. The molecule has 5 nitrogen and oxygen atoms in total. The van der Waals surface area contributed by atoms with Gasteiger partial charge in [-0.3, -0.25) is 9.71 Å². The maximum absolute atomic E-state index is 13.7. The molecule has 0 aliphatic rings. The molecule has 4 aromatic rings. The number of rotatable bonds is 5. The van der Waals surface area contributed by atoms with E-state index in [0.717, 1.165) is 6.07 Å². The number of benzene rings is 3. The van der Waals surface area contributed by atoms with Gasteiger partial charge in [-0.2, -0.15) is 13.2 Å². The van der Waals surface area contributed by atoms with Gasteiger partial charge in [-0.15, -0.1) is 0 Å². The summed E-state index contributed by atoms with van der Waals surface area (Å²) in [7, 11) is -4.54. The fraction of sp³-hybridized carbons (Fsp3) is 0.0870. The molecule has 0 saturated heterocycles. The van der Waals surface area contributed by atoms with Crippen LogP contribution in [0.3, 0.4) is 0 Å². The van der Waals surface area contributed by atoms with Gasteiger partial charge in [0.15, 0.2) is 0 Å². The molecule has 0 saturated carbocycles. The lowest BCUT2D eigenvalue weighted by atomic mass is 10.2. The first-order valence-electron chi connectivity index (χ1n) is 9.67. The van der Waals surface area contributed by atoms with Gasteiger partial charge >= 0.3 is 6.18 Å². The molecule has 0 atom stereocenters. The SMILES string of the molecule is Cc1cc(Oc2ccc(NS(=O)(=O)c3ccc(Br)cc3C(F)(F)F)cc2)c2cc(F)ccc2n1. The molecule has 4 rings (SSSR count). The summed E-state index contributed by atoms with van der Waals surface area (Å²) >= 11 is 2.93. The number of hydrogen-bond acceptors (Lipinski definition) is 4. The monoisotopic (exact) mass is 554 g/mol. The van der Waals surface area contributed by atoms with Gasteiger partial charge in [0.1, 0.15) is 17.3 Å². The quantitative estimate of drug-likeness (QED) is 0.268. The summed E-state index contributed by atoms with van der Waals surface area (Å²) in [5.74, 6) is 0.192. The molecule has 11 heteroatoms. The van der Waals surface area contributed by atoms with Gasteiger partial charge in [0.25, 0.3) is 10.0 Å². The number of anilines is 1. The number of alkyl halides is 3. The lowest BCUT2D eigenvalue weighted by Gasteiger charge is -2.15. The van der Waals surface area contributed by atoms with E-state index in [1.54, 1.807) is 13.0 Å². The molecule has 0 unspecified atom stereocenters. The maximum atomic E-state index is 13.7. The number of nitrogens with zero attached hydrogens (tertiary/aromatic N) is 1. The van der Waals surface area contributed by atoms with Crippen molar-refractivity contribution < 1.29 is 30.7 Å². The second kappa shape index (κ2) is 8.88. The van der Waals surface area contributed by atoms with Gasteiger partial charge in [0.05, 0.1) is 16.0 Å². The van der Waals surface area contributed by atoms with Gasteiger partial charge in [-0.1, -0.05) is 15.9 Å². The van der Waals surface area contributed by atoms with Crippen molar-refractivity contribution in [3.63, 3.8) is 0 Å². The highest BCUT2D eigenvalue weighted by Gasteiger charge is 2.37. The lowest BCUT2D eigenvalue weighted by Crippen LogP contribution is -2.19. The molecule has 0 aliphatic heterocycles. The average Bonchev–Trinajstić information content (AvgIpc) is 2.74. The molecule has 0 fully saturated rings. The zero-order valence-corrected chi connectivity index (χ0v) is 19.7. The van der Waals surface area contributed by atoms with Crippen LogP contribution in [0.5, 0.6) is 11.5 Å². The van der Waals surface area contributed by atoms with Crippen LogP contribution < -0.4 is 9.46 Å². The Morgan fingerprint density at radius 2 is 1.68 bits per heavy atom. The standard InChI is InChI=1S/C23H15BrF4N2O3S/c1-13-10-21(18-12-15(25)3-8-20(18)29-13)33-17-6-4-16(5-7-17)30-34(31,32)22-9-2-14(24)11-19(22)23(26,27)28/h2-12,30H,1H3. The first kappa shape index (κ1) is 24.0. The highest BCUT2D eigenvalue weighted by atomic mass is 79.9. The smallest absolute Gasteiger partial charge is 0.417 e. The van der Waals surface area contributed by atoms with E-state index in [1.165, 1.54) is 48.5 Å². The summed E-state index contributed by atoms with van der Waals surface area (Å²) in [5.41, 5.74) is -0.0732. The van der Waals surface area contributed by atoms with E-state index in [-0.39, 0.29) is 10.2 Å². The van der Waals surface area contributed by atoms with Crippen LogP contribution >= 0.6 is 15.9 Å². The highest BCUT2D eigenvalue weighted by molar-refractivity contribution is 9.10. The number of hydrogen-bond donors (Lipinski definition) is 1. The number of ether oxygens (including phenoxy) is 1. The molecule has 0 spiro atoms. The number of pyridine rings is 1. The van der Waals surface area contributed by atoms with Crippen LogP contribution in [0.4, 0.5) is 23.2 Å². The Kier molecular flexibility index (Phi) is 6.26. The first-order chi connectivity index (χ1) is 15.9. The number of nitrogens with one attached hydrogen (secondary N) is 1. The van der Waals surface area contributed by atoms with Crippen molar-refractivity contribution in [1.82, 2.24) is 4.98 Å². The van der Waals surface area contributed by atoms with E-state index in [1.807, 2.05) is 0 Å². The van der Waals surface area contributed by atoms with Crippen LogP contribution in [0.15, 0.2) is 76.1 Å². The van der Waals surface area contributed by atoms with Gasteiger partial charge in [0, 0.05) is 27.3 Å². The van der Waals surface area contributed by atoms with Crippen molar-refractivity contribution in [2.24, 2.45) is 0 Å². The summed E-state index contributed by atoms with van der Waals surface area (Å²) in [6.07, 6.45) is -4.86. The Hall–Kier alpha value is -3.18. The largest absolute Gasteiger partial charge is 0.457 e. The minimum atomic E-state index is -4.86. The van der Waals surface area contributed by atoms with Crippen molar-refractivity contribution >= 4 is 42.5 Å². The Morgan fingerprint density at radius 3 is 2.35 bits per heavy atom. The molecule has 34 heavy (non-hydrogen) atoms. The predicted molar refractivity (Wildman–Crippen MR) is 123 cm³/mol. The normalized spacial score (nSPS) is 12.1. The van der Waals surface area contributed by atoms with Crippen molar-refractivity contribution in [1.29, 1.82) is 0 Å². The van der Waals surface area contributed by atoms with Crippen molar-refractivity contribution in [3.05, 3.63) is 88.3 Å². The molecule has 0 amide bonds. The second-order valence-electron chi connectivity index (χ2n) is 7.29. The topological polar surface area (TPSA) is 68.3 Å². The van der Waals surface area contributed by atoms with Gasteiger partial charge in [-0.25, -0.2) is 12.8 Å². The minimum Gasteiger partial charge on any atom is -0.457 e. The third-order valence-corrected chi connectivity index (χ3v) is 6.66. The summed E-state index contributed by atoms with van der Waals surface area (Å²) in [6, 6.07) is 14.1. The highest BCUT2D eigenvalue weighted by Crippen LogP contribution is 2.37. The summed E-state index contributed by atoms with van der Waals surface area (Å²) in [4.78, 5) is 3.43. The number of fused-ring (bicyclic) bond motifs is 1. The maximum Gasteiger partial charge on any atom is 0.417 e. The van der Waals surface area contributed by atoms with Crippen LogP contribution in [0.2, 0.25) is 0 Å². The Labute approximate surface area is 200 Å². The number of aryl methyl sites for hydroxylation is 1. The molecule has 1 N–H and O–H groups in total. The molecular weight excluding hydrogens is 540 g/mol. The van der Waals surface area contributed by atoms with Crippen molar-refractivity contribution in [3.8, 4) is 11.5 Å². The fourth-order valence-electron chi connectivity index (χ4n) is 3.26. The Morgan fingerprint density at radius 1 is 0.971 bits per heavy atom. The van der Waals surface area contributed by atoms with Gasteiger partial charge < -0.3 is 4.74 Å². The number of sulfonamides is 1. The molecule has 3 aromatic carbocycles. The zero-order valence-electron chi connectivity index (χ0n) is 17.3. The Balaban J connectivity index is 1.60. The van der Waals surface area contributed by atoms with Crippen LogP contribution in [-0.4, -0.2) is 13.4 Å². The van der Waals surface area contributed by atoms with E-state index in [0.29, 0.717) is 34.2 Å². The van der Waals surface area contributed by atoms with E-state index in [4.69, 9.17) is 4.74 Å². The molecule has 176 valence electrons. The molecule has 0 aliphatic carbocycles. The first-order valence-corrected chi connectivity index (χ1v) is 11.9. The Bertz CT molecular complexity index is 1490. The molecule has 1 aromatic heterocycles. The summed E-state index contributed by atoms with van der Waals surface area (Å²) < 4.78 is 87.2. The van der Waals surface area contributed by atoms with Gasteiger partial charge in [0.2, 0.25) is 0 Å². The number of halogens is 5. The third-order valence-electron chi connectivity index (χ3n) is 4.73. The molecule has 1 heterocycles. The van der Waals surface area contributed by atoms with Crippen LogP contribution in [0, 0.1) is 12.7 Å². The van der Waals surface area contributed by atoms with Crippen molar-refractivity contribution in [2.45, 2.75) is 18.0 Å². The number of aromatic nitrogens is 1. The minimum absolute atomic E-state index is 0.0326. The van der Waals surface area contributed by atoms with Crippen molar-refractivity contribution in [2.75, 3.05) is 4.72 Å². The van der Waals surface area contributed by atoms with E-state index >= 15 is 0 Å². The van der Waals surface area contributed by atoms with E-state index in [9.17, 15) is 26.0 Å². The fourth-order valence-corrected chi connectivity index (χ4v) is 4.89. The average molecular weight is 555 g/mol. The molecular formula is C23H15BrF4N2O3S. The third kappa shape index (κ3) is 5.15. The predicted octanol–water partition coefficient (Wildman–Crippen LogP) is 7.06. The molecule has 0 radical (unpaired) electrons. The molecule has 0 bridgehead atoms. The van der Waals surface area contributed by atoms with E-state index < -0.39 is 32.5 Å². The zero-order chi connectivity index (χ0) is 24.7. The van der Waals surface area contributed by atoms with E-state index in [2.05, 4.69) is 25.6 Å². The second-order valence-corrected chi connectivity index (χ2v) is 9.86.